The zero-order valence-corrected chi connectivity index (χ0v) is 24.2. The van der Waals surface area contributed by atoms with Gasteiger partial charge in [-0.1, -0.05) is 80.4 Å². The number of carbonyl (C=O) groups is 3. The summed E-state index contributed by atoms with van der Waals surface area (Å²) in [6, 6.07) is 18.4. The van der Waals surface area contributed by atoms with Crippen molar-refractivity contribution < 1.29 is 23.9 Å². The van der Waals surface area contributed by atoms with Crippen molar-refractivity contribution in [3.05, 3.63) is 83.2 Å². The van der Waals surface area contributed by atoms with E-state index in [4.69, 9.17) is 16.0 Å². The largest absolute Gasteiger partial charge is 0.460 e. The van der Waals surface area contributed by atoms with Crippen molar-refractivity contribution in [2.45, 2.75) is 71.0 Å². The Bertz CT molecular complexity index is 1200. The molecule has 0 spiro atoms. The Morgan fingerprint density at radius 3 is 2.27 bits per heavy atom. The topological polar surface area (TPSA) is 80.5 Å². The monoisotopic (exact) mass is 559 g/mol. The second kappa shape index (κ2) is 14.3. The molecule has 218 valence electrons. The van der Waals surface area contributed by atoms with Gasteiger partial charge in [-0.3, -0.25) is 9.69 Å². The number of amides is 2. The van der Waals surface area contributed by atoms with Gasteiger partial charge in [0.15, 0.2) is 0 Å². The van der Waals surface area contributed by atoms with Gasteiger partial charge in [0.2, 0.25) is 5.91 Å². The molecule has 8 heteroatoms. The molecule has 2 aliphatic rings. The van der Waals surface area contributed by atoms with E-state index in [9.17, 15) is 14.4 Å². The molecule has 0 radical (unpaired) electrons. The minimum atomic E-state index is -1.13. The van der Waals surface area contributed by atoms with Gasteiger partial charge >= 0.3 is 18.1 Å². The second-order valence-corrected chi connectivity index (χ2v) is 11.1. The third-order valence-electron chi connectivity index (χ3n) is 8.57. The first-order valence-electron chi connectivity index (χ1n) is 14.8. The van der Waals surface area contributed by atoms with E-state index in [1.54, 1.807) is 6.92 Å². The lowest BCUT2D eigenvalue weighted by molar-refractivity contribution is -0.153. The lowest BCUT2D eigenvalue weighted by atomic mass is 9.62. The van der Waals surface area contributed by atoms with Gasteiger partial charge in [0.25, 0.3) is 0 Å². The molecule has 2 heterocycles. The molecule has 41 heavy (non-hydrogen) atoms. The van der Waals surface area contributed by atoms with Crippen molar-refractivity contribution in [2.24, 2.45) is 11.3 Å². The zero-order chi connectivity index (χ0) is 29.2. The van der Waals surface area contributed by atoms with Crippen molar-refractivity contribution in [3.8, 4) is 0 Å². The average Bonchev–Trinajstić information content (AvgIpc) is 3.35. The van der Waals surface area contributed by atoms with Crippen LogP contribution in [0.25, 0.3) is 4.85 Å². The molecule has 2 amide bonds. The number of piperidine rings is 1. The van der Waals surface area contributed by atoms with Crippen LogP contribution in [0, 0.1) is 17.9 Å². The zero-order valence-electron chi connectivity index (χ0n) is 24.2. The van der Waals surface area contributed by atoms with Crippen molar-refractivity contribution >= 4 is 18.0 Å². The SMILES string of the molecule is [C-]#[N+]C(C(=O)OCC)C1([C@H](CCCC)C(=O)N2C(=O)OC[C@H]2Cc2ccccc2)CCN(Cc2ccccc2)CC1. The number of rotatable bonds is 12. The van der Waals surface area contributed by atoms with Crippen molar-refractivity contribution in [2.75, 3.05) is 26.3 Å². The summed E-state index contributed by atoms with van der Waals surface area (Å²) >= 11 is 0. The van der Waals surface area contributed by atoms with Gasteiger partial charge in [-0.15, -0.1) is 0 Å². The van der Waals surface area contributed by atoms with E-state index >= 15 is 0 Å². The van der Waals surface area contributed by atoms with Crippen LogP contribution < -0.4 is 0 Å². The molecule has 2 aromatic carbocycles. The number of unbranched alkanes of at least 4 members (excludes halogenated alkanes) is 1. The smallest absolute Gasteiger partial charge is 0.416 e. The van der Waals surface area contributed by atoms with E-state index in [1.807, 2.05) is 48.5 Å². The Kier molecular flexibility index (Phi) is 10.5. The van der Waals surface area contributed by atoms with Crippen molar-refractivity contribution in [1.82, 2.24) is 9.80 Å². The molecule has 2 saturated heterocycles. The third kappa shape index (κ3) is 6.97. The highest BCUT2D eigenvalue weighted by Crippen LogP contribution is 2.48. The summed E-state index contributed by atoms with van der Waals surface area (Å²) < 4.78 is 10.8. The highest BCUT2D eigenvalue weighted by molar-refractivity contribution is 5.96. The van der Waals surface area contributed by atoms with Crippen LogP contribution in [0.5, 0.6) is 0 Å². The summed E-state index contributed by atoms with van der Waals surface area (Å²) in [6.07, 6.45) is 2.88. The number of nitrogens with zero attached hydrogens (tertiary/aromatic N) is 3. The molecule has 0 N–H and O–H groups in total. The van der Waals surface area contributed by atoms with Crippen LogP contribution in [0.15, 0.2) is 60.7 Å². The fourth-order valence-corrected chi connectivity index (χ4v) is 6.42. The van der Waals surface area contributed by atoms with Gasteiger partial charge in [-0.25, -0.2) is 21.1 Å². The minimum absolute atomic E-state index is 0.127. The fraction of sp³-hybridized carbons (Fsp3) is 0.515. The number of imide groups is 1. The van der Waals surface area contributed by atoms with E-state index in [-0.39, 0.29) is 19.1 Å². The van der Waals surface area contributed by atoms with Crippen LogP contribution >= 0.6 is 0 Å². The first-order valence-corrected chi connectivity index (χ1v) is 14.8. The third-order valence-corrected chi connectivity index (χ3v) is 8.57. The Morgan fingerprint density at radius 2 is 1.68 bits per heavy atom. The molecule has 0 saturated carbocycles. The minimum Gasteiger partial charge on any atom is -0.460 e. The summed E-state index contributed by atoms with van der Waals surface area (Å²) in [5.41, 5.74) is 1.25. The molecule has 0 aliphatic carbocycles. The maximum atomic E-state index is 14.5. The first kappa shape index (κ1) is 30.3. The van der Waals surface area contributed by atoms with Crippen molar-refractivity contribution in [3.63, 3.8) is 0 Å². The fourth-order valence-electron chi connectivity index (χ4n) is 6.42. The Balaban J connectivity index is 1.66. The molecule has 1 unspecified atom stereocenters. The Hall–Kier alpha value is -3.70. The average molecular weight is 560 g/mol. The summed E-state index contributed by atoms with van der Waals surface area (Å²) in [5.74, 6) is -1.61. The van der Waals surface area contributed by atoms with E-state index in [0.29, 0.717) is 38.8 Å². The van der Waals surface area contributed by atoms with Crippen LogP contribution in [-0.2, 0) is 32.0 Å². The van der Waals surface area contributed by atoms with Gasteiger partial charge in [0.05, 0.1) is 24.0 Å². The number of cyclic esters (lactones) is 1. The van der Waals surface area contributed by atoms with E-state index in [0.717, 1.165) is 24.9 Å². The number of benzene rings is 2. The molecule has 3 atom stereocenters. The number of ether oxygens (including phenoxy) is 2. The summed E-state index contributed by atoms with van der Waals surface area (Å²) in [5, 5.41) is 0. The maximum Gasteiger partial charge on any atom is 0.416 e. The van der Waals surface area contributed by atoms with E-state index in [1.165, 1.54) is 10.5 Å². The number of carbonyl (C=O) groups excluding carboxylic acids is 3. The standard InChI is InChI=1S/C33H41N3O5/c1-4-6-17-28(30(37)36-27(24-41-32(36)39)22-25-13-9-7-10-14-25)33(29(34-3)31(38)40-5-2)18-20-35(21-19-33)23-26-15-11-8-12-16-26/h7-16,27-29H,4-6,17-24H2,1-2H3/t27-,28-,29?/m1/s1. The number of likely N-dealkylation sites (tertiary alicyclic amines) is 1. The van der Waals surface area contributed by atoms with Crippen molar-refractivity contribution in [1.29, 1.82) is 0 Å². The highest BCUT2D eigenvalue weighted by Gasteiger charge is 2.59. The molecule has 2 aromatic rings. The first-order chi connectivity index (χ1) is 19.9. The predicted molar refractivity (Wildman–Crippen MR) is 156 cm³/mol. The van der Waals surface area contributed by atoms with Crippen LogP contribution in [0.3, 0.4) is 0 Å². The quantitative estimate of drug-likeness (QED) is 0.252. The summed E-state index contributed by atoms with van der Waals surface area (Å²) in [6.45, 7) is 14.2. The van der Waals surface area contributed by atoms with Gasteiger partial charge in [-0.2, -0.15) is 0 Å². The lowest BCUT2D eigenvalue weighted by Gasteiger charge is -2.46. The van der Waals surface area contributed by atoms with Gasteiger partial charge in [0, 0.05) is 6.54 Å². The molecular weight excluding hydrogens is 518 g/mol. The molecule has 8 nitrogen and oxygen atoms in total. The molecule has 2 aliphatic heterocycles. The van der Waals surface area contributed by atoms with Gasteiger partial charge < -0.3 is 14.3 Å². The Labute approximate surface area is 243 Å². The van der Waals surface area contributed by atoms with Crippen LogP contribution in [0.4, 0.5) is 4.79 Å². The van der Waals surface area contributed by atoms with Crippen LogP contribution in [-0.4, -0.2) is 66.2 Å². The van der Waals surface area contributed by atoms with Gasteiger partial charge in [0.1, 0.15) is 6.61 Å². The second-order valence-electron chi connectivity index (χ2n) is 11.1. The number of esters is 1. The van der Waals surface area contributed by atoms with Crippen LogP contribution in [0.1, 0.15) is 57.1 Å². The highest BCUT2D eigenvalue weighted by atomic mass is 16.6. The number of hydrogen-bond acceptors (Lipinski definition) is 6. The predicted octanol–water partition coefficient (Wildman–Crippen LogP) is 5.52. The van der Waals surface area contributed by atoms with E-state index < -0.39 is 35.5 Å². The Morgan fingerprint density at radius 1 is 1.05 bits per heavy atom. The normalized spacial score (nSPS) is 20.1. The number of hydrogen-bond donors (Lipinski definition) is 0. The van der Waals surface area contributed by atoms with Gasteiger partial charge in [-0.05, 0) is 56.8 Å². The summed E-state index contributed by atoms with van der Waals surface area (Å²) in [4.78, 5) is 48.2. The van der Waals surface area contributed by atoms with E-state index in [2.05, 4.69) is 28.8 Å². The maximum absolute atomic E-state index is 14.5. The molecule has 0 bridgehead atoms. The molecular formula is C33H41N3O5. The molecule has 4 rings (SSSR count). The summed E-state index contributed by atoms with van der Waals surface area (Å²) in [7, 11) is 0. The van der Waals surface area contributed by atoms with Crippen LogP contribution in [0.2, 0.25) is 0 Å². The lowest BCUT2D eigenvalue weighted by Crippen LogP contribution is -2.57. The molecule has 2 fully saturated rings. The molecule has 0 aromatic heterocycles.